The Hall–Kier alpha value is -1.65. The summed E-state index contributed by atoms with van der Waals surface area (Å²) in [6.07, 6.45) is 1.42. The smallest absolute Gasteiger partial charge is 0.265 e. The van der Waals surface area contributed by atoms with E-state index in [0.29, 0.717) is 16.5 Å². The van der Waals surface area contributed by atoms with Gasteiger partial charge in [-0.2, -0.15) is 0 Å². The Labute approximate surface area is 133 Å². The van der Waals surface area contributed by atoms with E-state index in [9.17, 15) is 4.79 Å². The average molecular weight is 322 g/mol. The third-order valence-corrected chi connectivity index (χ3v) is 3.81. The minimum Gasteiger partial charge on any atom is -0.481 e. The van der Waals surface area contributed by atoms with Crippen molar-refractivity contribution < 1.29 is 9.53 Å². The molecular weight excluding hydrogens is 306 g/mol. The average Bonchev–Trinajstić information content (AvgIpc) is 2.48. The second kappa shape index (κ2) is 7.38. The summed E-state index contributed by atoms with van der Waals surface area (Å²) in [6.45, 7) is 1.71. The van der Waals surface area contributed by atoms with Gasteiger partial charge in [0.15, 0.2) is 6.10 Å². The molecule has 1 amide bonds. The molecule has 0 aliphatic heterocycles. The number of nitrogens with one attached hydrogen (secondary N) is 1. The predicted molar refractivity (Wildman–Crippen MR) is 88.4 cm³/mol. The molecule has 21 heavy (non-hydrogen) atoms. The van der Waals surface area contributed by atoms with Crippen molar-refractivity contribution in [3.05, 3.63) is 53.6 Å². The van der Waals surface area contributed by atoms with Gasteiger partial charge in [-0.1, -0.05) is 17.7 Å². The molecule has 2 aromatic rings. The number of thioether (sulfide) groups is 1. The molecule has 1 atom stereocenters. The topological polar surface area (TPSA) is 38.3 Å². The number of carbonyl (C=O) groups is 1. The number of amides is 1. The lowest BCUT2D eigenvalue weighted by Gasteiger charge is -2.15. The lowest BCUT2D eigenvalue weighted by Crippen LogP contribution is -2.30. The number of benzene rings is 2. The van der Waals surface area contributed by atoms with Crippen molar-refractivity contribution in [1.82, 2.24) is 0 Å². The summed E-state index contributed by atoms with van der Waals surface area (Å²) in [4.78, 5) is 13.2. The molecule has 0 aliphatic rings. The van der Waals surface area contributed by atoms with Gasteiger partial charge in [-0.15, -0.1) is 11.8 Å². The van der Waals surface area contributed by atoms with Crippen LogP contribution in [0.3, 0.4) is 0 Å². The first-order valence-corrected chi connectivity index (χ1v) is 8.06. The predicted octanol–water partition coefficient (Wildman–Crippen LogP) is 4.47. The van der Waals surface area contributed by atoms with Crippen LogP contribution in [0.1, 0.15) is 6.92 Å². The molecule has 5 heteroatoms. The molecule has 0 unspecified atom stereocenters. The van der Waals surface area contributed by atoms with E-state index in [1.165, 1.54) is 0 Å². The van der Waals surface area contributed by atoms with Crippen LogP contribution in [0.15, 0.2) is 53.4 Å². The highest BCUT2D eigenvalue weighted by molar-refractivity contribution is 7.98. The lowest BCUT2D eigenvalue weighted by molar-refractivity contribution is -0.122. The van der Waals surface area contributed by atoms with E-state index in [4.69, 9.17) is 16.3 Å². The highest BCUT2D eigenvalue weighted by Crippen LogP contribution is 2.20. The molecule has 2 rings (SSSR count). The van der Waals surface area contributed by atoms with Crippen molar-refractivity contribution >= 4 is 35.0 Å². The summed E-state index contributed by atoms with van der Waals surface area (Å²) < 4.78 is 5.62. The van der Waals surface area contributed by atoms with Gasteiger partial charge in [-0.3, -0.25) is 4.79 Å². The van der Waals surface area contributed by atoms with Crippen LogP contribution in [0.25, 0.3) is 0 Å². The molecule has 2 aromatic carbocycles. The molecule has 0 spiro atoms. The molecule has 3 nitrogen and oxygen atoms in total. The number of hydrogen-bond acceptors (Lipinski definition) is 3. The molecule has 0 aliphatic carbocycles. The summed E-state index contributed by atoms with van der Waals surface area (Å²) in [7, 11) is 0. The largest absolute Gasteiger partial charge is 0.481 e. The van der Waals surface area contributed by atoms with E-state index in [2.05, 4.69) is 5.32 Å². The van der Waals surface area contributed by atoms with E-state index in [0.717, 1.165) is 4.90 Å². The van der Waals surface area contributed by atoms with Crippen molar-refractivity contribution in [3.8, 4) is 5.75 Å². The standard InChI is InChI=1S/C16H16ClNO2S/c1-11(20-14-6-8-15(21-2)9-7-14)16(19)18-13-5-3-4-12(17)10-13/h3-11H,1-2H3,(H,18,19)/t11-/m1/s1. The second-order valence-electron chi connectivity index (χ2n) is 4.44. The molecule has 0 heterocycles. The van der Waals surface area contributed by atoms with Crippen LogP contribution >= 0.6 is 23.4 Å². The maximum absolute atomic E-state index is 12.1. The highest BCUT2D eigenvalue weighted by atomic mass is 35.5. The van der Waals surface area contributed by atoms with Crippen LogP contribution in [0.2, 0.25) is 5.02 Å². The number of carbonyl (C=O) groups excluding carboxylic acids is 1. The Morgan fingerprint density at radius 1 is 1.24 bits per heavy atom. The SMILES string of the molecule is CSc1ccc(O[C@H](C)C(=O)Nc2cccc(Cl)c2)cc1. The quantitative estimate of drug-likeness (QED) is 0.826. The first kappa shape index (κ1) is 15.7. The fourth-order valence-corrected chi connectivity index (χ4v) is 2.32. The zero-order valence-electron chi connectivity index (χ0n) is 11.8. The van der Waals surface area contributed by atoms with Crippen molar-refractivity contribution in [2.45, 2.75) is 17.9 Å². The normalized spacial score (nSPS) is 11.8. The number of anilines is 1. The number of halogens is 1. The van der Waals surface area contributed by atoms with Crippen LogP contribution in [-0.4, -0.2) is 18.3 Å². The molecular formula is C16H16ClNO2S. The second-order valence-corrected chi connectivity index (χ2v) is 5.75. The summed E-state index contributed by atoms with van der Waals surface area (Å²) in [5, 5.41) is 3.35. The van der Waals surface area contributed by atoms with Crippen LogP contribution < -0.4 is 10.1 Å². The molecule has 0 saturated heterocycles. The minimum absolute atomic E-state index is 0.216. The maximum Gasteiger partial charge on any atom is 0.265 e. The summed E-state index contributed by atoms with van der Waals surface area (Å²) in [5.41, 5.74) is 0.653. The van der Waals surface area contributed by atoms with Crippen molar-refractivity contribution in [2.75, 3.05) is 11.6 Å². The Bertz CT molecular complexity index is 616. The van der Waals surface area contributed by atoms with Crippen LogP contribution in [0, 0.1) is 0 Å². The Kier molecular flexibility index (Phi) is 5.53. The third kappa shape index (κ3) is 4.69. The molecule has 0 aromatic heterocycles. The molecule has 0 fully saturated rings. The summed E-state index contributed by atoms with van der Waals surface area (Å²) in [6, 6.07) is 14.6. The van der Waals surface area contributed by atoms with Crippen LogP contribution in [-0.2, 0) is 4.79 Å². The fourth-order valence-electron chi connectivity index (χ4n) is 1.72. The first-order chi connectivity index (χ1) is 10.1. The van der Waals surface area contributed by atoms with Gasteiger partial charge in [0.25, 0.3) is 5.91 Å². The number of rotatable bonds is 5. The zero-order chi connectivity index (χ0) is 15.2. The Balaban J connectivity index is 1.95. The van der Waals surface area contributed by atoms with E-state index in [1.54, 1.807) is 43.0 Å². The Morgan fingerprint density at radius 2 is 1.95 bits per heavy atom. The van der Waals surface area contributed by atoms with Gasteiger partial charge in [0.05, 0.1) is 0 Å². The van der Waals surface area contributed by atoms with E-state index in [-0.39, 0.29) is 5.91 Å². The van der Waals surface area contributed by atoms with Crippen molar-refractivity contribution in [1.29, 1.82) is 0 Å². The minimum atomic E-state index is -0.593. The van der Waals surface area contributed by atoms with Crippen LogP contribution in [0.5, 0.6) is 5.75 Å². The van der Waals surface area contributed by atoms with Gasteiger partial charge in [-0.25, -0.2) is 0 Å². The maximum atomic E-state index is 12.1. The third-order valence-electron chi connectivity index (χ3n) is 2.83. The van der Waals surface area contributed by atoms with E-state index < -0.39 is 6.10 Å². The van der Waals surface area contributed by atoms with Crippen molar-refractivity contribution in [3.63, 3.8) is 0 Å². The van der Waals surface area contributed by atoms with Gasteiger partial charge < -0.3 is 10.1 Å². The Morgan fingerprint density at radius 3 is 2.57 bits per heavy atom. The molecule has 0 radical (unpaired) electrons. The molecule has 0 saturated carbocycles. The molecule has 0 bridgehead atoms. The highest BCUT2D eigenvalue weighted by Gasteiger charge is 2.14. The van der Waals surface area contributed by atoms with Crippen LogP contribution in [0.4, 0.5) is 5.69 Å². The summed E-state index contributed by atoms with van der Waals surface area (Å²) in [5.74, 6) is 0.452. The van der Waals surface area contributed by atoms with Gasteiger partial charge in [0.2, 0.25) is 0 Å². The van der Waals surface area contributed by atoms with E-state index >= 15 is 0 Å². The van der Waals surface area contributed by atoms with Crippen molar-refractivity contribution in [2.24, 2.45) is 0 Å². The number of hydrogen-bond donors (Lipinski definition) is 1. The summed E-state index contributed by atoms with van der Waals surface area (Å²) >= 11 is 7.54. The fraction of sp³-hybridized carbons (Fsp3) is 0.188. The van der Waals surface area contributed by atoms with Gasteiger partial charge in [0, 0.05) is 15.6 Å². The number of ether oxygens (including phenoxy) is 1. The molecule has 110 valence electrons. The first-order valence-electron chi connectivity index (χ1n) is 6.45. The lowest BCUT2D eigenvalue weighted by atomic mass is 10.3. The van der Waals surface area contributed by atoms with Gasteiger partial charge >= 0.3 is 0 Å². The van der Waals surface area contributed by atoms with Gasteiger partial charge in [0.1, 0.15) is 5.75 Å². The zero-order valence-corrected chi connectivity index (χ0v) is 13.4. The van der Waals surface area contributed by atoms with E-state index in [1.807, 2.05) is 30.5 Å². The molecule has 1 N–H and O–H groups in total. The van der Waals surface area contributed by atoms with Gasteiger partial charge in [-0.05, 0) is 55.6 Å². The monoisotopic (exact) mass is 321 g/mol.